The molecule has 2 heterocycles. The fourth-order valence-corrected chi connectivity index (χ4v) is 8.07. The minimum absolute atomic E-state index is 0.574. The van der Waals surface area contributed by atoms with E-state index in [1.807, 2.05) is 42.5 Å². The Kier molecular flexibility index (Phi) is 8.75. The molecule has 0 saturated carbocycles. The van der Waals surface area contributed by atoms with Crippen LogP contribution in [-0.2, 0) is 0 Å². The second-order valence-electron chi connectivity index (χ2n) is 14.9. The second kappa shape index (κ2) is 15.0. The van der Waals surface area contributed by atoms with Crippen molar-refractivity contribution in [2.45, 2.75) is 0 Å². The molecule has 60 heavy (non-hydrogen) atoms. The van der Waals surface area contributed by atoms with Gasteiger partial charge < -0.3 is 9.32 Å². The zero-order valence-corrected chi connectivity index (χ0v) is 32.5. The lowest BCUT2D eigenvalue weighted by atomic mass is 10.00. The molecule has 282 valence electrons. The van der Waals surface area contributed by atoms with Crippen LogP contribution in [-0.4, -0.2) is 15.0 Å². The van der Waals surface area contributed by atoms with Crippen LogP contribution < -0.4 is 4.90 Å². The van der Waals surface area contributed by atoms with E-state index >= 15 is 0 Å². The molecule has 5 nitrogen and oxygen atoms in total. The van der Waals surface area contributed by atoms with Crippen LogP contribution in [0, 0.1) is 0 Å². The van der Waals surface area contributed by atoms with Crippen LogP contribution in [0.2, 0.25) is 0 Å². The summed E-state index contributed by atoms with van der Waals surface area (Å²) < 4.78 is 6.86. The van der Waals surface area contributed by atoms with Gasteiger partial charge in [-0.3, -0.25) is 0 Å². The van der Waals surface area contributed by atoms with Gasteiger partial charge in [0.25, 0.3) is 0 Å². The van der Waals surface area contributed by atoms with Crippen molar-refractivity contribution in [3.63, 3.8) is 0 Å². The van der Waals surface area contributed by atoms with Gasteiger partial charge in [0.1, 0.15) is 5.58 Å². The Morgan fingerprint density at radius 3 is 1.53 bits per heavy atom. The highest BCUT2D eigenvalue weighted by Crippen LogP contribution is 2.43. The molecule has 0 N–H and O–H groups in total. The Labute approximate surface area is 347 Å². The van der Waals surface area contributed by atoms with Gasteiger partial charge in [0.2, 0.25) is 0 Å². The van der Waals surface area contributed by atoms with Crippen LogP contribution in [0.15, 0.2) is 223 Å². The van der Waals surface area contributed by atoms with Gasteiger partial charge in [-0.1, -0.05) is 170 Å². The third-order valence-electron chi connectivity index (χ3n) is 11.1. The Bertz CT molecular complexity index is 3290. The van der Waals surface area contributed by atoms with Gasteiger partial charge in [-0.15, -0.1) is 0 Å². The molecule has 0 saturated heterocycles. The molecule has 0 spiro atoms. The number of hydrogen-bond donors (Lipinski definition) is 0. The summed E-state index contributed by atoms with van der Waals surface area (Å²) in [4.78, 5) is 17.4. The van der Waals surface area contributed by atoms with Crippen molar-refractivity contribution < 1.29 is 4.42 Å². The zero-order valence-electron chi connectivity index (χ0n) is 32.5. The highest BCUT2D eigenvalue weighted by molar-refractivity contribution is 6.11. The van der Waals surface area contributed by atoms with Crippen molar-refractivity contribution in [1.82, 2.24) is 15.0 Å². The lowest BCUT2D eigenvalue weighted by Crippen LogP contribution is -2.10. The van der Waals surface area contributed by atoms with Crippen LogP contribution in [0.3, 0.4) is 0 Å². The number of rotatable bonds is 8. The topological polar surface area (TPSA) is 55.1 Å². The van der Waals surface area contributed by atoms with E-state index in [9.17, 15) is 0 Å². The standard InChI is InChI=1S/C55H36N4O/c1-4-13-37(14-5-1)39-29-32-47(33-30-39)59(46-19-8-3-9-20-46)50-22-12-21-49-48-34-31-45(36-51(48)60-52(49)50)55-57-53(41-16-6-2-7-17-41)56-54(58-55)42-26-23-40(24-27-42)44-28-25-38-15-10-11-18-43(38)35-44/h1-36H. The number of para-hydroxylation sites is 2. The molecule has 5 heteroatoms. The molecule has 0 amide bonds. The van der Waals surface area contributed by atoms with E-state index in [0.29, 0.717) is 17.5 Å². The summed E-state index contributed by atoms with van der Waals surface area (Å²) in [6, 6.07) is 75.8. The predicted octanol–water partition coefficient (Wildman–Crippen LogP) is 14.7. The summed E-state index contributed by atoms with van der Waals surface area (Å²) in [6.07, 6.45) is 0. The molecule has 0 bridgehead atoms. The van der Waals surface area contributed by atoms with Gasteiger partial charge >= 0.3 is 0 Å². The number of nitrogens with zero attached hydrogens (tertiary/aromatic N) is 4. The van der Waals surface area contributed by atoms with Crippen molar-refractivity contribution in [3.05, 3.63) is 218 Å². The second-order valence-corrected chi connectivity index (χ2v) is 14.9. The van der Waals surface area contributed by atoms with Crippen molar-refractivity contribution >= 4 is 49.8 Å². The summed E-state index contributed by atoms with van der Waals surface area (Å²) >= 11 is 0. The Morgan fingerprint density at radius 2 is 0.817 bits per heavy atom. The fourth-order valence-electron chi connectivity index (χ4n) is 8.07. The van der Waals surface area contributed by atoms with Crippen molar-refractivity contribution in [1.29, 1.82) is 0 Å². The van der Waals surface area contributed by atoms with Gasteiger partial charge in [0.15, 0.2) is 23.1 Å². The fraction of sp³-hybridized carbons (Fsp3) is 0. The van der Waals surface area contributed by atoms with E-state index in [2.05, 4.69) is 181 Å². The number of hydrogen-bond acceptors (Lipinski definition) is 5. The highest BCUT2D eigenvalue weighted by atomic mass is 16.3. The van der Waals surface area contributed by atoms with Gasteiger partial charge in [-0.2, -0.15) is 0 Å². The molecule has 11 aromatic rings. The van der Waals surface area contributed by atoms with Crippen molar-refractivity contribution in [3.8, 4) is 56.4 Å². The first kappa shape index (κ1) is 35.0. The number of anilines is 3. The zero-order chi connectivity index (χ0) is 39.8. The number of aromatic nitrogens is 3. The molecule has 2 aromatic heterocycles. The maximum absolute atomic E-state index is 6.86. The molecule has 0 fully saturated rings. The summed E-state index contributed by atoms with van der Waals surface area (Å²) in [6.45, 7) is 0. The SMILES string of the molecule is c1ccc(-c2ccc(N(c3ccccc3)c3cccc4c3oc3cc(-c5nc(-c6ccccc6)nc(-c6ccc(-c7ccc8ccccc8c7)cc6)n5)ccc34)cc2)cc1. The molecule has 9 aromatic carbocycles. The number of furan rings is 1. The molecule has 0 aliphatic heterocycles. The number of fused-ring (bicyclic) bond motifs is 4. The first-order chi connectivity index (χ1) is 29.7. The normalized spacial score (nSPS) is 11.3. The van der Waals surface area contributed by atoms with Crippen molar-refractivity contribution in [2.75, 3.05) is 4.90 Å². The van der Waals surface area contributed by atoms with Gasteiger partial charge in [0, 0.05) is 38.8 Å². The summed E-state index contributed by atoms with van der Waals surface area (Å²) in [5.41, 5.74) is 11.9. The van der Waals surface area contributed by atoms with Crippen LogP contribution in [0.25, 0.3) is 89.1 Å². The quantitative estimate of drug-likeness (QED) is 0.154. The summed E-state index contributed by atoms with van der Waals surface area (Å²) in [5, 5.41) is 4.49. The van der Waals surface area contributed by atoms with E-state index in [1.165, 1.54) is 16.3 Å². The maximum Gasteiger partial charge on any atom is 0.164 e. The number of benzene rings is 9. The van der Waals surface area contributed by atoms with Crippen molar-refractivity contribution in [2.24, 2.45) is 0 Å². The average Bonchev–Trinajstić information content (AvgIpc) is 3.71. The monoisotopic (exact) mass is 768 g/mol. The minimum Gasteiger partial charge on any atom is -0.454 e. The maximum atomic E-state index is 6.86. The first-order valence-electron chi connectivity index (χ1n) is 20.1. The van der Waals surface area contributed by atoms with Gasteiger partial charge in [-0.25, -0.2) is 15.0 Å². The average molecular weight is 769 g/mol. The largest absolute Gasteiger partial charge is 0.454 e. The molecule has 0 radical (unpaired) electrons. The van der Waals surface area contributed by atoms with E-state index in [1.54, 1.807) is 0 Å². The van der Waals surface area contributed by atoms with Gasteiger partial charge in [-0.05, 0) is 81.6 Å². The Morgan fingerprint density at radius 1 is 0.317 bits per heavy atom. The summed E-state index contributed by atoms with van der Waals surface area (Å²) in [7, 11) is 0. The van der Waals surface area contributed by atoms with E-state index in [-0.39, 0.29) is 0 Å². The molecule has 0 aliphatic rings. The third-order valence-corrected chi connectivity index (χ3v) is 11.1. The third kappa shape index (κ3) is 6.54. The molecule has 0 atom stereocenters. The summed E-state index contributed by atoms with van der Waals surface area (Å²) in [5.74, 6) is 1.79. The predicted molar refractivity (Wildman–Crippen MR) is 246 cm³/mol. The van der Waals surface area contributed by atoms with Crippen LogP contribution in [0.5, 0.6) is 0 Å². The molecule has 0 aliphatic carbocycles. The van der Waals surface area contributed by atoms with Crippen LogP contribution in [0.4, 0.5) is 17.1 Å². The van der Waals surface area contributed by atoms with Crippen LogP contribution >= 0.6 is 0 Å². The lowest BCUT2D eigenvalue weighted by molar-refractivity contribution is 0.669. The smallest absolute Gasteiger partial charge is 0.164 e. The minimum atomic E-state index is 0.574. The molecule has 0 unspecified atom stereocenters. The highest BCUT2D eigenvalue weighted by Gasteiger charge is 2.20. The molecule has 11 rings (SSSR count). The first-order valence-corrected chi connectivity index (χ1v) is 20.1. The molecular formula is C55H36N4O. The van der Waals surface area contributed by atoms with E-state index < -0.39 is 0 Å². The Balaban J connectivity index is 0.995. The van der Waals surface area contributed by atoms with Crippen LogP contribution in [0.1, 0.15) is 0 Å². The van der Waals surface area contributed by atoms with Gasteiger partial charge in [0.05, 0.1) is 5.69 Å². The van der Waals surface area contributed by atoms with E-state index in [0.717, 1.165) is 72.4 Å². The lowest BCUT2D eigenvalue weighted by Gasteiger charge is -2.25. The molecular weight excluding hydrogens is 733 g/mol. The Hall–Kier alpha value is -8.15. The van der Waals surface area contributed by atoms with E-state index in [4.69, 9.17) is 19.4 Å².